The minimum Gasteiger partial charge on any atom is -0.481 e. The number of esters is 1. The molecule has 7 nitrogen and oxygen atoms in total. The van der Waals surface area contributed by atoms with Crippen molar-refractivity contribution in [3.63, 3.8) is 0 Å². The number of rotatable bonds is 6. The van der Waals surface area contributed by atoms with Crippen LogP contribution in [0.2, 0.25) is 5.02 Å². The molecule has 0 fully saturated rings. The van der Waals surface area contributed by atoms with Gasteiger partial charge >= 0.3 is 18.0 Å². The van der Waals surface area contributed by atoms with Crippen LogP contribution in [0.4, 0.5) is 10.5 Å². The lowest BCUT2D eigenvalue weighted by atomic mass is 10.2. The Morgan fingerprint density at radius 1 is 1.29 bits per heavy atom. The summed E-state index contributed by atoms with van der Waals surface area (Å²) in [6.45, 7) is 1.66. The zero-order valence-corrected chi connectivity index (χ0v) is 12.0. The van der Waals surface area contributed by atoms with Gasteiger partial charge in [0.25, 0.3) is 0 Å². The summed E-state index contributed by atoms with van der Waals surface area (Å²) in [6, 6.07) is 4.57. The number of carbonyl (C=O) groups is 3. The Morgan fingerprint density at radius 2 is 2.00 bits per heavy atom. The van der Waals surface area contributed by atoms with Gasteiger partial charge in [-0.2, -0.15) is 0 Å². The van der Waals surface area contributed by atoms with Crippen molar-refractivity contribution >= 4 is 35.3 Å². The second-order valence-electron chi connectivity index (χ2n) is 3.88. The van der Waals surface area contributed by atoms with E-state index < -0.39 is 24.5 Å². The van der Waals surface area contributed by atoms with Crippen LogP contribution in [0.5, 0.6) is 0 Å². The van der Waals surface area contributed by atoms with Gasteiger partial charge in [-0.25, -0.2) is 4.79 Å². The van der Waals surface area contributed by atoms with E-state index in [9.17, 15) is 14.4 Å². The second kappa shape index (κ2) is 8.11. The number of amides is 1. The van der Waals surface area contributed by atoms with Crippen LogP contribution in [0.1, 0.15) is 18.9 Å². The van der Waals surface area contributed by atoms with Gasteiger partial charge in [0.1, 0.15) is 13.0 Å². The first kappa shape index (κ1) is 16.8. The van der Waals surface area contributed by atoms with E-state index in [0.717, 1.165) is 0 Å². The minimum absolute atomic E-state index is 0.211. The molecule has 0 aromatic heterocycles. The summed E-state index contributed by atoms with van der Waals surface area (Å²) in [4.78, 5) is 32.9. The van der Waals surface area contributed by atoms with Gasteiger partial charge in [-0.05, 0) is 25.1 Å². The zero-order chi connectivity index (χ0) is 15.8. The highest BCUT2D eigenvalue weighted by Gasteiger charge is 2.12. The lowest BCUT2D eigenvalue weighted by Crippen LogP contribution is -2.16. The monoisotopic (exact) mass is 315 g/mol. The van der Waals surface area contributed by atoms with E-state index in [-0.39, 0.29) is 13.2 Å². The van der Waals surface area contributed by atoms with E-state index in [1.165, 1.54) is 12.1 Å². The van der Waals surface area contributed by atoms with Crippen molar-refractivity contribution in [1.82, 2.24) is 0 Å². The average Bonchev–Trinajstić information content (AvgIpc) is 2.38. The number of halogens is 1. The number of nitrogens with one attached hydrogen (secondary N) is 1. The van der Waals surface area contributed by atoms with Crippen LogP contribution < -0.4 is 5.32 Å². The fourth-order valence-electron chi connectivity index (χ4n) is 1.41. The highest BCUT2D eigenvalue weighted by molar-refractivity contribution is 6.30. The molecular weight excluding hydrogens is 302 g/mol. The second-order valence-corrected chi connectivity index (χ2v) is 4.31. The maximum atomic E-state index is 11.4. The van der Waals surface area contributed by atoms with Crippen molar-refractivity contribution in [2.45, 2.75) is 20.0 Å². The van der Waals surface area contributed by atoms with Gasteiger partial charge in [-0.15, -0.1) is 0 Å². The van der Waals surface area contributed by atoms with E-state index in [1.54, 1.807) is 13.0 Å². The van der Waals surface area contributed by atoms with Crippen molar-refractivity contribution in [2.75, 3.05) is 11.9 Å². The Morgan fingerprint density at radius 3 is 2.62 bits per heavy atom. The van der Waals surface area contributed by atoms with Gasteiger partial charge in [-0.1, -0.05) is 11.6 Å². The Hall–Kier alpha value is -2.28. The van der Waals surface area contributed by atoms with E-state index in [4.69, 9.17) is 26.2 Å². The minimum atomic E-state index is -1.28. The number of ether oxygens (including phenoxy) is 2. The molecule has 1 amide bonds. The summed E-state index contributed by atoms with van der Waals surface area (Å²) in [5.41, 5.74) is 0.787. The summed E-state index contributed by atoms with van der Waals surface area (Å²) in [7, 11) is 0. The third kappa shape index (κ3) is 6.13. The average molecular weight is 316 g/mol. The molecular formula is C13H14ClNO6. The molecule has 21 heavy (non-hydrogen) atoms. The van der Waals surface area contributed by atoms with Crippen LogP contribution in [0, 0.1) is 0 Å². The van der Waals surface area contributed by atoms with Gasteiger partial charge in [0.2, 0.25) is 0 Å². The normalized spacial score (nSPS) is 9.81. The maximum absolute atomic E-state index is 11.4. The van der Waals surface area contributed by atoms with Gasteiger partial charge in [0.05, 0.1) is 12.3 Å². The molecule has 0 radical (unpaired) electrons. The Labute approximate surface area is 125 Å². The number of carboxylic acid groups (broad SMARTS) is 1. The molecule has 0 aliphatic rings. The Balaban J connectivity index is 2.75. The topological polar surface area (TPSA) is 102 Å². The van der Waals surface area contributed by atoms with Crippen LogP contribution in [0.15, 0.2) is 18.2 Å². The summed E-state index contributed by atoms with van der Waals surface area (Å²) in [5, 5.41) is 11.3. The van der Waals surface area contributed by atoms with Gasteiger partial charge in [0.15, 0.2) is 0 Å². The zero-order valence-electron chi connectivity index (χ0n) is 11.2. The smallest absolute Gasteiger partial charge is 0.411 e. The molecule has 0 saturated carbocycles. The first-order chi connectivity index (χ1) is 9.92. The molecule has 1 rings (SSSR count). The highest BCUT2D eigenvalue weighted by Crippen LogP contribution is 2.22. The molecule has 0 saturated heterocycles. The lowest BCUT2D eigenvalue weighted by Gasteiger charge is -2.11. The standard InChI is InChI=1S/C13H14ClNO6/c1-2-20-13(19)15-10-4-3-9(14)5-8(10)7-21-12(18)6-11(16)17/h3-5H,2,6-7H2,1H3,(H,15,19)(H,16,17). The van der Waals surface area contributed by atoms with Crippen LogP contribution in [0.3, 0.4) is 0 Å². The fraction of sp³-hybridized carbons (Fsp3) is 0.308. The summed E-state index contributed by atoms with van der Waals surface area (Å²) >= 11 is 5.84. The first-order valence-corrected chi connectivity index (χ1v) is 6.39. The number of anilines is 1. The van der Waals surface area contributed by atoms with Crippen molar-refractivity contribution in [2.24, 2.45) is 0 Å². The molecule has 1 aromatic carbocycles. The summed E-state index contributed by atoms with van der Waals surface area (Å²) < 4.78 is 9.55. The first-order valence-electron chi connectivity index (χ1n) is 6.02. The maximum Gasteiger partial charge on any atom is 0.411 e. The van der Waals surface area contributed by atoms with E-state index in [1.807, 2.05) is 0 Å². The lowest BCUT2D eigenvalue weighted by molar-refractivity contribution is -0.152. The number of benzene rings is 1. The van der Waals surface area contributed by atoms with Crippen LogP contribution in [-0.4, -0.2) is 29.7 Å². The van der Waals surface area contributed by atoms with Crippen LogP contribution in [0.25, 0.3) is 0 Å². The van der Waals surface area contributed by atoms with Crippen LogP contribution >= 0.6 is 11.6 Å². The molecule has 0 heterocycles. The number of hydrogen-bond donors (Lipinski definition) is 2. The van der Waals surface area contributed by atoms with Crippen molar-refractivity contribution in [3.8, 4) is 0 Å². The van der Waals surface area contributed by atoms with E-state index in [0.29, 0.717) is 16.3 Å². The number of carbonyl (C=O) groups excluding carboxylic acids is 2. The summed E-state index contributed by atoms with van der Waals surface area (Å²) in [5.74, 6) is -2.17. The highest BCUT2D eigenvalue weighted by atomic mass is 35.5. The van der Waals surface area contributed by atoms with Gasteiger partial charge in [0, 0.05) is 10.6 Å². The SMILES string of the molecule is CCOC(=O)Nc1ccc(Cl)cc1COC(=O)CC(=O)O. The number of carboxylic acids is 1. The fourth-order valence-corrected chi connectivity index (χ4v) is 1.61. The largest absolute Gasteiger partial charge is 0.481 e. The molecule has 1 aromatic rings. The molecule has 114 valence electrons. The summed E-state index contributed by atoms with van der Waals surface area (Å²) in [6.07, 6.45) is -1.39. The molecule has 0 spiro atoms. The Bertz CT molecular complexity index is 545. The molecule has 0 atom stereocenters. The molecule has 0 bridgehead atoms. The third-order valence-electron chi connectivity index (χ3n) is 2.26. The third-order valence-corrected chi connectivity index (χ3v) is 2.50. The molecule has 0 unspecified atom stereocenters. The van der Waals surface area contributed by atoms with Crippen molar-refractivity contribution in [1.29, 1.82) is 0 Å². The van der Waals surface area contributed by atoms with Gasteiger partial charge < -0.3 is 14.6 Å². The van der Waals surface area contributed by atoms with Gasteiger partial charge in [-0.3, -0.25) is 14.9 Å². The number of aliphatic carboxylic acids is 1. The molecule has 0 aliphatic heterocycles. The molecule has 8 heteroatoms. The Kier molecular flexibility index (Phi) is 6.48. The predicted octanol–water partition coefficient (Wildman–Crippen LogP) is 2.43. The predicted molar refractivity (Wildman–Crippen MR) is 74.1 cm³/mol. The van der Waals surface area contributed by atoms with Crippen molar-refractivity contribution < 1.29 is 29.0 Å². The quantitative estimate of drug-likeness (QED) is 0.617. The van der Waals surface area contributed by atoms with E-state index in [2.05, 4.69) is 5.32 Å². The van der Waals surface area contributed by atoms with E-state index >= 15 is 0 Å². The van der Waals surface area contributed by atoms with Crippen molar-refractivity contribution in [3.05, 3.63) is 28.8 Å². The number of hydrogen-bond acceptors (Lipinski definition) is 5. The molecule has 0 aliphatic carbocycles. The van der Waals surface area contributed by atoms with Crippen LogP contribution in [-0.2, 0) is 25.7 Å². The molecule has 2 N–H and O–H groups in total.